The number of carbonyl (C=O) groups is 2. The third-order valence-electron chi connectivity index (χ3n) is 0.887. The van der Waals surface area contributed by atoms with Gasteiger partial charge >= 0.3 is 0 Å². The number of amides is 1. The first-order valence-corrected chi connectivity index (χ1v) is 4.82. The minimum atomic E-state index is -0.245. The van der Waals surface area contributed by atoms with E-state index in [1.165, 1.54) is 0 Å². The van der Waals surface area contributed by atoms with Crippen LogP contribution in [0.4, 0.5) is 0 Å². The summed E-state index contributed by atoms with van der Waals surface area (Å²) in [5.41, 5.74) is 4.65. The van der Waals surface area contributed by atoms with Crippen molar-refractivity contribution in [1.82, 2.24) is 4.90 Å². The zero-order chi connectivity index (χ0) is 12.1. The first-order chi connectivity index (χ1) is 6.40. The highest BCUT2D eigenvalue weighted by atomic mass is 16.1. The maximum Gasteiger partial charge on any atom is 0.217 e. The molecule has 0 bridgehead atoms. The number of ketones is 1. The molecular weight excluding hydrogens is 180 g/mol. The van der Waals surface area contributed by atoms with Gasteiger partial charge < -0.3 is 10.6 Å². The topological polar surface area (TPSA) is 63.4 Å². The molecule has 1 amide bonds. The summed E-state index contributed by atoms with van der Waals surface area (Å²) in [7, 11) is 3.75. The Morgan fingerprint density at radius 1 is 1.21 bits per heavy atom. The van der Waals surface area contributed by atoms with E-state index in [9.17, 15) is 9.59 Å². The number of hydrogen-bond donors (Lipinski definition) is 1. The van der Waals surface area contributed by atoms with E-state index < -0.39 is 0 Å². The van der Waals surface area contributed by atoms with Crippen LogP contribution in [-0.4, -0.2) is 37.2 Å². The monoisotopic (exact) mass is 204 g/mol. The number of nitrogens with zero attached hydrogens (tertiary/aromatic N) is 1. The van der Waals surface area contributed by atoms with Crippen molar-refractivity contribution in [2.24, 2.45) is 5.73 Å². The summed E-state index contributed by atoms with van der Waals surface area (Å²) < 4.78 is 0. The first-order valence-electron chi connectivity index (χ1n) is 4.82. The Labute approximate surface area is 87.5 Å². The van der Waals surface area contributed by atoms with Gasteiger partial charge in [-0.25, -0.2) is 0 Å². The number of primary amides is 1. The SMILES string of the molecule is CC.CC(=O)CN(C)C.CCC(N)=O. The molecule has 0 saturated heterocycles. The average molecular weight is 204 g/mol. The minimum absolute atomic E-state index is 0.213. The summed E-state index contributed by atoms with van der Waals surface area (Å²) in [5, 5.41) is 0. The molecule has 0 aromatic carbocycles. The van der Waals surface area contributed by atoms with E-state index in [1.807, 2.05) is 32.8 Å². The quantitative estimate of drug-likeness (QED) is 0.747. The molecule has 14 heavy (non-hydrogen) atoms. The lowest BCUT2D eigenvalue weighted by Gasteiger charge is -2.03. The number of carbonyl (C=O) groups excluding carboxylic acids is 2. The average Bonchev–Trinajstić information content (AvgIpc) is 2.06. The molecule has 0 rings (SSSR count). The summed E-state index contributed by atoms with van der Waals surface area (Å²) >= 11 is 0. The Kier molecular flexibility index (Phi) is 19.6. The minimum Gasteiger partial charge on any atom is -0.370 e. The van der Waals surface area contributed by atoms with Crippen LogP contribution >= 0.6 is 0 Å². The second-order valence-electron chi connectivity index (χ2n) is 2.76. The molecule has 0 unspecified atom stereocenters. The van der Waals surface area contributed by atoms with Crippen molar-refractivity contribution in [3.63, 3.8) is 0 Å². The van der Waals surface area contributed by atoms with Crippen LogP contribution in [0.25, 0.3) is 0 Å². The van der Waals surface area contributed by atoms with Gasteiger partial charge in [0.25, 0.3) is 0 Å². The summed E-state index contributed by atoms with van der Waals surface area (Å²) in [6.45, 7) is 7.86. The highest BCUT2D eigenvalue weighted by Crippen LogP contribution is 1.72. The molecule has 0 spiro atoms. The van der Waals surface area contributed by atoms with E-state index in [0.29, 0.717) is 13.0 Å². The Balaban J connectivity index is -0.000000152. The van der Waals surface area contributed by atoms with E-state index in [2.05, 4.69) is 5.73 Å². The number of rotatable bonds is 3. The smallest absolute Gasteiger partial charge is 0.217 e. The van der Waals surface area contributed by atoms with Gasteiger partial charge in [0.15, 0.2) is 0 Å². The summed E-state index contributed by atoms with van der Waals surface area (Å²) in [4.78, 5) is 21.7. The molecule has 0 saturated carbocycles. The summed E-state index contributed by atoms with van der Waals surface area (Å²) in [6, 6.07) is 0. The Morgan fingerprint density at radius 3 is 1.50 bits per heavy atom. The third kappa shape index (κ3) is 43.5. The van der Waals surface area contributed by atoms with Gasteiger partial charge in [0.05, 0.1) is 6.54 Å². The molecule has 4 heteroatoms. The zero-order valence-electron chi connectivity index (χ0n) is 10.3. The Hall–Kier alpha value is -0.900. The second-order valence-corrected chi connectivity index (χ2v) is 2.76. The van der Waals surface area contributed by atoms with E-state index in [1.54, 1.807) is 13.8 Å². The number of hydrogen-bond acceptors (Lipinski definition) is 3. The van der Waals surface area contributed by atoms with E-state index >= 15 is 0 Å². The van der Waals surface area contributed by atoms with Crippen LogP contribution in [0.15, 0.2) is 0 Å². The van der Waals surface area contributed by atoms with E-state index in [4.69, 9.17) is 0 Å². The Bertz CT molecular complexity index is 145. The van der Waals surface area contributed by atoms with Gasteiger partial charge in [0.1, 0.15) is 5.78 Å². The number of nitrogens with two attached hydrogens (primary N) is 1. The fourth-order valence-corrected chi connectivity index (χ4v) is 0.445. The maximum atomic E-state index is 10.2. The molecule has 0 aromatic rings. The van der Waals surface area contributed by atoms with Crippen molar-refractivity contribution in [2.45, 2.75) is 34.1 Å². The molecule has 4 nitrogen and oxygen atoms in total. The summed E-state index contributed by atoms with van der Waals surface area (Å²) in [6.07, 6.45) is 0.444. The maximum absolute atomic E-state index is 10.2. The molecule has 0 aliphatic heterocycles. The second kappa shape index (κ2) is 14.6. The highest BCUT2D eigenvalue weighted by Gasteiger charge is 1.91. The highest BCUT2D eigenvalue weighted by molar-refractivity contribution is 5.77. The van der Waals surface area contributed by atoms with Crippen LogP contribution in [0.1, 0.15) is 34.1 Å². The van der Waals surface area contributed by atoms with Crippen molar-refractivity contribution < 1.29 is 9.59 Å². The van der Waals surface area contributed by atoms with Crippen LogP contribution in [0.5, 0.6) is 0 Å². The molecule has 0 fully saturated rings. The van der Waals surface area contributed by atoms with Gasteiger partial charge in [-0.05, 0) is 21.0 Å². The number of Topliss-reactive ketones (excluding diaryl/α,β-unsaturated/α-hetero) is 1. The van der Waals surface area contributed by atoms with Crippen LogP contribution in [-0.2, 0) is 9.59 Å². The molecule has 0 aliphatic carbocycles. The van der Waals surface area contributed by atoms with Crippen LogP contribution in [0.2, 0.25) is 0 Å². The normalized spacial score (nSPS) is 7.93. The molecule has 2 N–H and O–H groups in total. The number of likely N-dealkylation sites (N-methyl/N-ethyl adjacent to an activating group) is 1. The van der Waals surface area contributed by atoms with Crippen molar-refractivity contribution >= 4 is 11.7 Å². The molecular formula is C10H24N2O2. The lowest BCUT2D eigenvalue weighted by Crippen LogP contribution is -2.18. The summed E-state index contributed by atoms with van der Waals surface area (Å²) in [5.74, 6) is -0.0324. The van der Waals surface area contributed by atoms with Crippen LogP contribution in [0.3, 0.4) is 0 Å². The lowest BCUT2D eigenvalue weighted by atomic mass is 10.4. The first kappa shape index (κ1) is 18.8. The van der Waals surface area contributed by atoms with Gasteiger partial charge in [0, 0.05) is 6.42 Å². The van der Waals surface area contributed by atoms with Gasteiger partial charge in [-0.2, -0.15) is 0 Å². The van der Waals surface area contributed by atoms with Crippen molar-refractivity contribution in [1.29, 1.82) is 0 Å². The molecule has 86 valence electrons. The zero-order valence-corrected chi connectivity index (χ0v) is 10.3. The predicted molar refractivity (Wildman–Crippen MR) is 60.1 cm³/mol. The standard InChI is InChI=1S/C5H11NO.C3H7NO.C2H6/c1-5(7)4-6(2)3;1-2-3(4)5;1-2/h4H2,1-3H3;2H2,1H3,(H2,4,5);1-2H3. The van der Waals surface area contributed by atoms with Crippen molar-refractivity contribution in [3.05, 3.63) is 0 Å². The van der Waals surface area contributed by atoms with Crippen molar-refractivity contribution in [3.8, 4) is 0 Å². The van der Waals surface area contributed by atoms with Crippen molar-refractivity contribution in [2.75, 3.05) is 20.6 Å². The third-order valence-corrected chi connectivity index (χ3v) is 0.887. The molecule has 0 atom stereocenters. The van der Waals surface area contributed by atoms with Crippen LogP contribution < -0.4 is 5.73 Å². The molecule has 0 heterocycles. The van der Waals surface area contributed by atoms with E-state index in [-0.39, 0.29) is 11.7 Å². The van der Waals surface area contributed by atoms with Gasteiger partial charge in [0.2, 0.25) is 5.91 Å². The fourth-order valence-electron chi connectivity index (χ4n) is 0.445. The molecule has 0 radical (unpaired) electrons. The van der Waals surface area contributed by atoms with Gasteiger partial charge in [-0.1, -0.05) is 20.8 Å². The fraction of sp³-hybridized carbons (Fsp3) is 0.800. The van der Waals surface area contributed by atoms with E-state index in [0.717, 1.165) is 0 Å². The van der Waals surface area contributed by atoms with Gasteiger partial charge in [-0.15, -0.1) is 0 Å². The predicted octanol–water partition coefficient (Wildman–Crippen LogP) is 1.04. The Morgan fingerprint density at radius 2 is 1.50 bits per heavy atom. The lowest BCUT2D eigenvalue weighted by molar-refractivity contribution is -0.118. The van der Waals surface area contributed by atoms with Gasteiger partial charge in [-0.3, -0.25) is 9.59 Å². The molecule has 0 aromatic heterocycles. The largest absolute Gasteiger partial charge is 0.370 e. The molecule has 0 aliphatic rings. The van der Waals surface area contributed by atoms with Crippen LogP contribution in [0, 0.1) is 0 Å².